The molecule has 0 aromatic carbocycles. The first-order chi connectivity index (χ1) is 16.2. The van der Waals surface area contributed by atoms with Crippen LogP contribution in [0, 0.1) is 16.7 Å². The first-order valence-electron chi connectivity index (χ1n) is 12.0. The number of rotatable bonds is 1. The van der Waals surface area contributed by atoms with E-state index in [0.29, 0.717) is 6.42 Å². The van der Waals surface area contributed by atoms with E-state index < -0.39 is 75.3 Å². The van der Waals surface area contributed by atoms with Gasteiger partial charge in [-0.2, -0.15) is 0 Å². The molecule has 10 heteroatoms. The Morgan fingerprint density at radius 2 is 1.74 bits per heavy atom. The fourth-order valence-corrected chi connectivity index (χ4v) is 9.36. The number of ether oxygens (including phenoxy) is 3. The van der Waals surface area contributed by atoms with E-state index in [1.54, 1.807) is 19.5 Å². The zero-order valence-electron chi connectivity index (χ0n) is 19.8. The Hall–Kier alpha value is -1.79. The van der Waals surface area contributed by atoms with Crippen molar-refractivity contribution in [3.05, 3.63) is 36.3 Å². The summed E-state index contributed by atoms with van der Waals surface area (Å²) in [6.45, 7) is 6.31. The number of esters is 1. The molecule has 3 aliphatic heterocycles. The monoisotopic (exact) mass is 490 g/mol. The van der Waals surface area contributed by atoms with E-state index in [0.717, 1.165) is 5.56 Å². The number of hydrogen-bond acceptors (Lipinski definition) is 10. The summed E-state index contributed by atoms with van der Waals surface area (Å²) in [4.78, 5) is 12.5. The second kappa shape index (κ2) is 5.70. The fourth-order valence-electron chi connectivity index (χ4n) is 9.36. The third kappa shape index (κ3) is 1.85. The molecule has 3 aliphatic carbocycles. The minimum atomic E-state index is -2.39. The predicted octanol–water partition coefficient (Wildman–Crippen LogP) is -0.277. The van der Waals surface area contributed by atoms with Crippen LogP contribution in [0.1, 0.15) is 45.6 Å². The molecule has 0 radical (unpaired) electrons. The molecule has 190 valence electrons. The highest BCUT2D eigenvalue weighted by molar-refractivity contribution is 5.81. The molecule has 1 aromatic heterocycles. The average molecular weight is 491 g/mol. The van der Waals surface area contributed by atoms with Gasteiger partial charge in [0.15, 0.2) is 23.1 Å². The number of aliphatic hydroxyl groups excluding tert-OH is 2. The van der Waals surface area contributed by atoms with E-state index in [-0.39, 0.29) is 5.92 Å². The highest BCUT2D eigenvalue weighted by atomic mass is 16.7. The largest absolute Gasteiger partial charge is 0.472 e. The van der Waals surface area contributed by atoms with E-state index in [1.165, 1.54) is 26.0 Å². The number of hydrogen-bond donors (Lipinski definition) is 5. The van der Waals surface area contributed by atoms with Gasteiger partial charge in [0.2, 0.25) is 0 Å². The Morgan fingerprint density at radius 1 is 1.03 bits per heavy atom. The molecule has 10 nitrogen and oxygen atoms in total. The fraction of sp³-hybridized carbons (Fsp3) is 0.720. The van der Waals surface area contributed by atoms with Gasteiger partial charge in [0.25, 0.3) is 0 Å². The van der Waals surface area contributed by atoms with Crippen molar-refractivity contribution < 1.29 is 49.0 Å². The Bertz CT molecular complexity index is 1180. The lowest BCUT2D eigenvalue weighted by molar-refractivity contribution is -0.300. The molecule has 6 aliphatic rings. The molecular weight excluding hydrogens is 460 g/mol. The molecule has 0 amide bonds. The first kappa shape index (κ1) is 22.4. The average Bonchev–Trinajstić information content (AvgIpc) is 3.03. The van der Waals surface area contributed by atoms with Gasteiger partial charge in [0.05, 0.1) is 36.3 Å². The topological polar surface area (TPSA) is 162 Å². The maximum absolute atomic E-state index is 12.5. The van der Waals surface area contributed by atoms with Crippen LogP contribution in [0.4, 0.5) is 0 Å². The highest BCUT2D eigenvalue weighted by Crippen LogP contribution is 2.80. The molecule has 1 spiro atoms. The molecule has 1 aromatic rings. The Labute approximate surface area is 201 Å². The van der Waals surface area contributed by atoms with Crippen molar-refractivity contribution in [1.82, 2.24) is 0 Å². The van der Waals surface area contributed by atoms with E-state index in [1.807, 2.05) is 13.0 Å². The van der Waals surface area contributed by atoms with Crippen LogP contribution < -0.4 is 0 Å². The van der Waals surface area contributed by atoms with Gasteiger partial charge in [-0.3, -0.25) is 0 Å². The molecular formula is C25H30O10. The number of epoxide rings is 1. The van der Waals surface area contributed by atoms with Crippen LogP contribution in [-0.2, 0) is 19.0 Å². The van der Waals surface area contributed by atoms with Gasteiger partial charge in [-0.05, 0) is 44.1 Å². The smallest absolute Gasteiger partial charge is 0.339 e. The summed E-state index contributed by atoms with van der Waals surface area (Å²) >= 11 is 0. The van der Waals surface area contributed by atoms with Gasteiger partial charge in [-0.25, -0.2) is 4.79 Å². The molecule has 5 N–H and O–H groups in total. The van der Waals surface area contributed by atoms with Crippen molar-refractivity contribution in [2.75, 3.05) is 0 Å². The molecule has 5 fully saturated rings. The normalized spacial score (nSPS) is 63.6. The summed E-state index contributed by atoms with van der Waals surface area (Å²) in [5, 5.41) is 59.3. The molecule has 4 heterocycles. The number of carbonyl (C=O) groups excluding carboxylic acids is 1. The summed E-state index contributed by atoms with van der Waals surface area (Å²) in [5.74, 6) is -4.68. The Kier molecular flexibility index (Phi) is 3.65. The van der Waals surface area contributed by atoms with Gasteiger partial charge in [-0.15, -0.1) is 0 Å². The molecule has 35 heavy (non-hydrogen) atoms. The highest BCUT2D eigenvalue weighted by Gasteiger charge is 2.94. The molecule has 7 rings (SSSR count). The first-order valence-corrected chi connectivity index (χ1v) is 12.0. The van der Waals surface area contributed by atoms with Crippen LogP contribution in [0.2, 0.25) is 0 Å². The van der Waals surface area contributed by atoms with Gasteiger partial charge >= 0.3 is 5.97 Å². The summed E-state index contributed by atoms with van der Waals surface area (Å²) in [7, 11) is 0. The summed E-state index contributed by atoms with van der Waals surface area (Å²) in [6.07, 6.45) is 1.43. The maximum atomic E-state index is 12.5. The Morgan fingerprint density at radius 3 is 2.40 bits per heavy atom. The molecule has 0 bridgehead atoms. The summed E-state index contributed by atoms with van der Waals surface area (Å²) < 4.78 is 23.1. The molecule has 2 saturated carbocycles. The van der Waals surface area contributed by atoms with Crippen LogP contribution in [0.15, 0.2) is 35.2 Å². The maximum Gasteiger partial charge on any atom is 0.339 e. The van der Waals surface area contributed by atoms with E-state index in [2.05, 4.69) is 0 Å². The van der Waals surface area contributed by atoms with Crippen LogP contribution in [-0.4, -0.2) is 84.1 Å². The van der Waals surface area contributed by atoms with E-state index in [9.17, 15) is 30.3 Å². The minimum Gasteiger partial charge on any atom is -0.472 e. The molecule has 13 unspecified atom stereocenters. The summed E-state index contributed by atoms with van der Waals surface area (Å²) in [5.41, 5.74) is -9.16. The summed E-state index contributed by atoms with van der Waals surface area (Å²) in [6, 6.07) is 1.82. The SMILES string of the molecule is CC12C=CC3(O)OC4C(O)C5(C)C(c6ccoc6)CC6OC65C(C)(O)C4C3(C)C1(O)C(O)C(=O)O2. The third-order valence-corrected chi connectivity index (χ3v) is 11.0. The Balaban J connectivity index is 1.46. The standard InChI is InChI=1S/C25H30O10/c1-19-6-7-23(30)21(3,24(19,31)17(27)18(28)35-19)15-14(34-23)16(26)20(2)12(11-5-8-32-10-11)9-13-25(20,33-13)22(15,4)29/h5-8,10,12-17,26-27,29-31H,9H2,1-4H3. The van der Waals surface area contributed by atoms with Crippen molar-refractivity contribution in [1.29, 1.82) is 0 Å². The lowest BCUT2D eigenvalue weighted by atomic mass is 9.43. The number of fused-ring (bicyclic) bond motifs is 5. The van der Waals surface area contributed by atoms with Crippen molar-refractivity contribution in [2.24, 2.45) is 16.7 Å². The third-order valence-electron chi connectivity index (χ3n) is 11.0. The van der Waals surface area contributed by atoms with Crippen LogP contribution in [0.3, 0.4) is 0 Å². The molecule has 3 saturated heterocycles. The second-order valence-electron chi connectivity index (χ2n) is 12.1. The number of aliphatic hydroxyl groups is 5. The van der Waals surface area contributed by atoms with Crippen molar-refractivity contribution in [3.63, 3.8) is 0 Å². The number of furan rings is 1. The van der Waals surface area contributed by atoms with Gasteiger partial charge in [0.1, 0.15) is 11.2 Å². The zero-order valence-corrected chi connectivity index (χ0v) is 19.8. The van der Waals surface area contributed by atoms with Crippen molar-refractivity contribution >= 4 is 5.97 Å². The lowest BCUT2D eigenvalue weighted by Crippen LogP contribution is -2.79. The predicted molar refractivity (Wildman–Crippen MR) is 114 cm³/mol. The van der Waals surface area contributed by atoms with Gasteiger partial charge in [-0.1, -0.05) is 13.8 Å². The van der Waals surface area contributed by atoms with Crippen LogP contribution >= 0.6 is 0 Å². The van der Waals surface area contributed by atoms with Crippen LogP contribution in [0.5, 0.6) is 0 Å². The molecule has 13 atom stereocenters. The number of carbonyl (C=O) groups is 1. The van der Waals surface area contributed by atoms with Gasteiger partial charge < -0.3 is 44.2 Å². The zero-order chi connectivity index (χ0) is 25.2. The van der Waals surface area contributed by atoms with Gasteiger partial charge in [0, 0.05) is 17.3 Å². The van der Waals surface area contributed by atoms with E-state index in [4.69, 9.17) is 18.6 Å². The quantitative estimate of drug-likeness (QED) is 0.201. The van der Waals surface area contributed by atoms with Crippen molar-refractivity contribution in [2.45, 2.75) is 92.6 Å². The lowest BCUT2D eigenvalue weighted by Gasteiger charge is -2.62. The van der Waals surface area contributed by atoms with E-state index >= 15 is 0 Å². The minimum absolute atomic E-state index is 0.234. The van der Waals surface area contributed by atoms with Crippen LogP contribution in [0.25, 0.3) is 0 Å². The second-order valence-corrected chi connectivity index (χ2v) is 12.1. The van der Waals surface area contributed by atoms with Crippen molar-refractivity contribution in [3.8, 4) is 0 Å².